The average molecular weight is 266 g/mol. The van der Waals surface area contributed by atoms with Crippen LogP contribution in [0.5, 0.6) is 0 Å². The first-order chi connectivity index (χ1) is 8.97. The molecule has 1 aromatic rings. The van der Waals surface area contributed by atoms with Gasteiger partial charge in [-0.1, -0.05) is 26.8 Å². The van der Waals surface area contributed by atoms with Crippen molar-refractivity contribution in [1.82, 2.24) is 4.90 Å². The minimum absolute atomic E-state index is 0.0144. The number of rotatable bonds is 7. The Balaban J connectivity index is 2.89. The van der Waals surface area contributed by atoms with E-state index in [4.69, 9.17) is 5.84 Å². The predicted molar refractivity (Wildman–Crippen MR) is 76.7 cm³/mol. The van der Waals surface area contributed by atoms with E-state index in [0.717, 1.165) is 18.7 Å². The molecule has 0 atom stereocenters. The summed E-state index contributed by atoms with van der Waals surface area (Å²) in [5, 5.41) is 11.0. The van der Waals surface area contributed by atoms with Crippen LogP contribution in [0.4, 0.5) is 11.4 Å². The van der Waals surface area contributed by atoms with E-state index in [9.17, 15) is 10.1 Å². The molecule has 0 heterocycles. The lowest BCUT2D eigenvalue weighted by molar-refractivity contribution is -0.384. The lowest BCUT2D eigenvalue weighted by Crippen LogP contribution is -2.27. The van der Waals surface area contributed by atoms with Gasteiger partial charge in [0.2, 0.25) is 0 Å². The molecule has 0 saturated heterocycles. The zero-order valence-electron chi connectivity index (χ0n) is 11.7. The summed E-state index contributed by atoms with van der Waals surface area (Å²) >= 11 is 0. The molecule has 6 nitrogen and oxygen atoms in total. The summed E-state index contributed by atoms with van der Waals surface area (Å²) in [6, 6.07) is 5.10. The Labute approximate surface area is 113 Å². The summed E-state index contributed by atoms with van der Waals surface area (Å²) in [7, 11) is 0. The number of nitrogens with one attached hydrogen (secondary N) is 1. The van der Waals surface area contributed by atoms with Gasteiger partial charge in [0, 0.05) is 19.2 Å². The number of hydrogen-bond acceptors (Lipinski definition) is 5. The van der Waals surface area contributed by atoms with Crippen molar-refractivity contribution in [2.45, 2.75) is 27.3 Å². The van der Waals surface area contributed by atoms with E-state index in [1.165, 1.54) is 0 Å². The molecule has 0 spiro atoms. The Morgan fingerprint density at radius 1 is 1.47 bits per heavy atom. The summed E-state index contributed by atoms with van der Waals surface area (Å²) in [6.07, 6.45) is 0. The monoisotopic (exact) mass is 266 g/mol. The molecule has 1 rings (SSSR count). The number of nitrogen functional groups attached to an aromatic ring is 1. The molecule has 0 saturated carbocycles. The van der Waals surface area contributed by atoms with Gasteiger partial charge in [0.1, 0.15) is 5.69 Å². The van der Waals surface area contributed by atoms with E-state index < -0.39 is 4.92 Å². The van der Waals surface area contributed by atoms with Gasteiger partial charge in [-0.05, 0) is 24.1 Å². The summed E-state index contributed by atoms with van der Waals surface area (Å²) in [5.74, 6) is 5.84. The van der Waals surface area contributed by atoms with E-state index in [0.29, 0.717) is 18.2 Å². The van der Waals surface area contributed by atoms with Crippen LogP contribution in [-0.2, 0) is 6.54 Å². The largest absolute Gasteiger partial charge is 0.318 e. The number of nitrogens with zero attached hydrogens (tertiary/aromatic N) is 2. The van der Waals surface area contributed by atoms with Crippen LogP contribution in [-0.4, -0.2) is 22.9 Å². The van der Waals surface area contributed by atoms with Crippen molar-refractivity contribution in [3.8, 4) is 0 Å². The van der Waals surface area contributed by atoms with E-state index in [1.807, 2.05) is 6.07 Å². The number of benzene rings is 1. The number of hydrogen-bond donors (Lipinski definition) is 2. The maximum Gasteiger partial charge on any atom is 0.293 e. The SMILES string of the molecule is CCN(Cc1ccc(NN)c([N+](=O)[O-])c1)CC(C)C. The van der Waals surface area contributed by atoms with E-state index >= 15 is 0 Å². The highest BCUT2D eigenvalue weighted by Crippen LogP contribution is 2.25. The molecule has 0 unspecified atom stereocenters. The second kappa shape index (κ2) is 7.06. The molecule has 0 radical (unpaired) electrons. The van der Waals surface area contributed by atoms with E-state index in [-0.39, 0.29) is 5.69 Å². The van der Waals surface area contributed by atoms with E-state index in [1.54, 1.807) is 12.1 Å². The van der Waals surface area contributed by atoms with Crippen molar-refractivity contribution >= 4 is 11.4 Å². The maximum atomic E-state index is 11.0. The van der Waals surface area contributed by atoms with Crippen molar-refractivity contribution < 1.29 is 4.92 Å². The van der Waals surface area contributed by atoms with Crippen LogP contribution in [0.3, 0.4) is 0 Å². The third-order valence-corrected chi connectivity index (χ3v) is 2.89. The topological polar surface area (TPSA) is 84.4 Å². The van der Waals surface area contributed by atoms with Crippen molar-refractivity contribution in [2.24, 2.45) is 11.8 Å². The van der Waals surface area contributed by atoms with Crippen LogP contribution in [0, 0.1) is 16.0 Å². The zero-order valence-corrected chi connectivity index (χ0v) is 11.7. The molecule has 1 aromatic carbocycles. The smallest absolute Gasteiger partial charge is 0.293 e. The molecule has 6 heteroatoms. The molecule has 0 aromatic heterocycles. The first-order valence-corrected chi connectivity index (χ1v) is 6.44. The highest BCUT2D eigenvalue weighted by Gasteiger charge is 2.15. The quantitative estimate of drug-likeness (QED) is 0.449. The Hall–Kier alpha value is -1.66. The van der Waals surface area contributed by atoms with Crippen molar-refractivity contribution in [3.05, 3.63) is 33.9 Å². The molecule has 0 aliphatic carbocycles. The summed E-state index contributed by atoms with van der Waals surface area (Å²) < 4.78 is 0. The molecule has 0 amide bonds. The van der Waals surface area contributed by atoms with Crippen LogP contribution in [0.2, 0.25) is 0 Å². The highest BCUT2D eigenvalue weighted by molar-refractivity contribution is 5.61. The molecule has 3 N–H and O–H groups in total. The van der Waals surface area contributed by atoms with Crippen molar-refractivity contribution in [3.63, 3.8) is 0 Å². The van der Waals surface area contributed by atoms with Gasteiger partial charge in [-0.2, -0.15) is 0 Å². The Morgan fingerprint density at radius 3 is 2.63 bits per heavy atom. The van der Waals surface area contributed by atoms with Gasteiger partial charge in [-0.25, -0.2) is 0 Å². The van der Waals surface area contributed by atoms with E-state index in [2.05, 4.69) is 31.1 Å². The first kappa shape index (κ1) is 15.4. The molecule has 0 fully saturated rings. The average Bonchev–Trinajstić information content (AvgIpc) is 2.37. The molecule has 0 aliphatic rings. The highest BCUT2D eigenvalue weighted by atomic mass is 16.6. The standard InChI is InChI=1S/C13H22N4O2/c1-4-16(8-10(2)3)9-11-5-6-12(15-14)13(7-11)17(18)19/h5-7,10,15H,4,8-9,14H2,1-3H3. The molecular weight excluding hydrogens is 244 g/mol. The Bertz CT molecular complexity index is 435. The van der Waals surface area contributed by atoms with Gasteiger partial charge in [0.15, 0.2) is 0 Å². The van der Waals surface area contributed by atoms with Gasteiger partial charge < -0.3 is 5.43 Å². The number of nitro benzene ring substituents is 1. The van der Waals surface area contributed by atoms with Crippen molar-refractivity contribution in [1.29, 1.82) is 0 Å². The second-order valence-electron chi connectivity index (χ2n) is 4.97. The van der Waals surface area contributed by atoms with Crippen LogP contribution >= 0.6 is 0 Å². The number of nitrogens with two attached hydrogens (primary N) is 1. The maximum absolute atomic E-state index is 11.0. The fourth-order valence-electron chi connectivity index (χ4n) is 2.03. The minimum Gasteiger partial charge on any atom is -0.318 e. The molecule has 19 heavy (non-hydrogen) atoms. The Kier molecular flexibility index (Phi) is 5.72. The molecule has 0 bridgehead atoms. The number of nitro groups is 1. The molecule has 0 aliphatic heterocycles. The van der Waals surface area contributed by atoms with Crippen LogP contribution in [0.25, 0.3) is 0 Å². The second-order valence-corrected chi connectivity index (χ2v) is 4.97. The van der Waals surface area contributed by atoms with Crippen LogP contribution < -0.4 is 11.3 Å². The van der Waals surface area contributed by atoms with Gasteiger partial charge in [-0.3, -0.25) is 20.9 Å². The fraction of sp³-hybridized carbons (Fsp3) is 0.538. The van der Waals surface area contributed by atoms with Crippen LogP contribution in [0.1, 0.15) is 26.3 Å². The summed E-state index contributed by atoms with van der Waals surface area (Å²) in [4.78, 5) is 12.8. The van der Waals surface area contributed by atoms with Crippen LogP contribution in [0.15, 0.2) is 18.2 Å². The van der Waals surface area contributed by atoms with Crippen molar-refractivity contribution in [2.75, 3.05) is 18.5 Å². The third kappa shape index (κ3) is 4.50. The lowest BCUT2D eigenvalue weighted by Gasteiger charge is -2.22. The Morgan fingerprint density at radius 2 is 2.16 bits per heavy atom. The molecule has 106 valence electrons. The lowest BCUT2D eigenvalue weighted by atomic mass is 10.1. The third-order valence-electron chi connectivity index (χ3n) is 2.89. The fourth-order valence-corrected chi connectivity index (χ4v) is 2.03. The van der Waals surface area contributed by atoms with Gasteiger partial charge >= 0.3 is 0 Å². The number of hydrazine groups is 1. The summed E-state index contributed by atoms with van der Waals surface area (Å²) in [6.45, 7) is 9.01. The normalized spacial score (nSPS) is 11.1. The number of anilines is 1. The zero-order chi connectivity index (χ0) is 14.4. The first-order valence-electron chi connectivity index (χ1n) is 6.44. The van der Waals surface area contributed by atoms with Gasteiger partial charge in [0.25, 0.3) is 5.69 Å². The predicted octanol–water partition coefficient (Wildman–Crippen LogP) is 2.36. The van der Waals surface area contributed by atoms with Gasteiger partial charge in [-0.15, -0.1) is 0 Å². The summed E-state index contributed by atoms with van der Waals surface area (Å²) in [5.41, 5.74) is 3.62. The minimum atomic E-state index is -0.419. The molecular formula is C13H22N4O2. The van der Waals surface area contributed by atoms with Gasteiger partial charge in [0.05, 0.1) is 4.92 Å².